The highest BCUT2D eigenvalue weighted by molar-refractivity contribution is 5.84. The van der Waals surface area contributed by atoms with Crippen LogP contribution in [0.3, 0.4) is 0 Å². The summed E-state index contributed by atoms with van der Waals surface area (Å²) in [7, 11) is 1.63. The summed E-state index contributed by atoms with van der Waals surface area (Å²) in [6.45, 7) is -0.000813. The van der Waals surface area contributed by atoms with E-state index >= 15 is 0 Å². The van der Waals surface area contributed by atoms with Crippen LogP contribution in [0.5, 0.6) is 5.75 Å². The maximum atomic E-state index is 11.2. The predicted molar refractivity (Wildman–Crippen MR) is 66.6 cm³/mol. The van der Waals surface area contributed by atoms with Crippen molar-refractivity contribution in [2.24, 2.45) is 0 Å². The number of rotatable bonds is 4. The van der Waals surface area contributed by atoms with Crippen LogP contribution in [0.4, 0.5) is 0 Å². The second-order valence-electron chi connectivity index (χ2n) is 3.60. The third-order valence-electron chi connectivity index (χ3n) is 2.36. The first kappa shape index (κ1) is 11.4. The monoisotopic (exact) mass is 230 g/mol. The Bertz CT molecular complexity index is 526. The lowest BCUT2D eigenvalue weighted by atomic mass is 10.1. The fourth-order valence-electron chi connectivity index (χ4n) is 1.58. The number of ether oxygens (including phenoxy) is 1. The van der Waals surface area contributed by atoms with E-state index in [0.717, 1.165) is 10.8 Å². The highest BCUT2D eigenvalue weighted by atomic mass is 16.5. The van der Waals surface area contributed by atoms with Gasteiger partial charge in [-0.05, 0) is 22.9 Å². The van der Waals surface area contributed by atoms with Crippen molar-refractivity contribution < 1.29 is 9.53 Å². The molecule has 2 aromatic rings. The summed E-state index contributed by atoms with van der Waals surface area (Å²) in [5.74, 6) is 0.482. The molecule has 0 aliphatic heterocycles. The molecule has 0 bridgehead atoms. The van der Waals surface area contributed by atoms with Gasteiger partial charge in [0.1, 0.15) is 5.75 Å². The van der Waals surface area contributed by atoms with Crippen LogP contribution in [0.15, 0.2) is 42.5 Å². The van der Waals surface area contributed by atoms with Crippen LogP contribution in [0.25, 0.3) is 10.8 Å². The minimum Gasteiger partial charge on any atom is -0.484 e. The van der Waals surface area contributed by atoms with Gasteiger partial charge in [-0.3, -0.25) is 10.2 Å². The van der Waals surface area contributed by atoms with Crippen LogP contribution in [-0.2, 0) is 4.79 Å². The number of carbonyl (C=O) groups is 1. The molecule has 0 aliphatic rings. The largest absolute Gasteiger partial charge is 0.484 e. The van der Waals surface area contributed by atoms with Gasteiger partial charge in [-0.25, -0.2) is 5.43 Å². The van der Waals surface area contributed by atoms with Crippen LogP contribution in [0.1, 0.15) is 0 Å². The lowest BCUT2D eigenvalue weighted by Crippen LogP contribution is -2.37. The van der Waals surface area contributed by atoms with E-state index in [1.54, 1.807) is 7.05 Å². The highest BCUT2D eigenvalue weighted by Gasteiger charge is 2.01. The third-order valence-corrected chi connectivity index (χ3v) is 2.36. The molecular formula is C13H14N2O2. The van der Waals surface area contributed by atoms with E-state index in [1.165, 1.54) is 0 Å². The van der Waals surface area contributed by atoms with Crippen LogP contribution >= 0.6 is 0 Å². The summed E-state index contributed by atoms with van der Waals surface area (Å²) in [5.41, 5.74) is 4.99. The van der Waals surface area contributed by atoms with Gasteiger partial charge in [0, 0.05) is 7.05 Å². The zero-order chi connectivity index (χ0) is 12.1. The summed E-state index contributed by atoms with van der Waals surface area (Å²) < 4.78 is 5.38. The Morgan fingerprint density at radius 2 is 1.94 bits per heavy atom. The topological polar surface area (TPSA) is 50.4 Å². The SMILES string of the molecule is CNNC(=O)COc1ccc2ccccc2c1. The fraction of sp³-hybridized carbons (Fsp3) is 0.154. The van der Waals surface area contributed by atoms with Gasteiger partial charge in [0.25, 0.3) is 5.91 Å². The van der Waals surface area contributed by atoms with Crippen molar-refractivity contribution in [1.82, 2.24) is 10.9 Å². The normalized spacial score (nSPS) is 10.2. The number of nitrogens with one attached hydrogen (secondary N) is 2. The summed E-state index contributed by atoms with van der Waals surface area (Å²) in [5, 5.41) is 2.25. The molecule has 2 rings (SSSR count). The molecule has 0 aliphatic carbocycles. The average Bonchev–Trinajstić information content (AvgIpc) is 2.36. The molecule has 0 spiro atoms. The summed E-state index contributed by atoms with van der Waals surface area (Å²) >= 11 is 0. The van der Waals surface area contributed by atoms with Crippen LogP contribution in [-0.4, -0.2) is 19.6 Å². The summed E-state index contributed by atoms with van der Waals surface area (Å²) in [6, 6.07) is 13.8. The number of fused-ring (bicyclic) bond motifs is 1. The first-order chi connectivity index (χ1) is 8.29. The Balaban J connectivity index is 2.06. The number of amides is 1. The van der Waals surface area contributed by atoms with Gasteiger partial charge in [0.05, 0.1) is 0 Å². The molecule has 2 aromatic carbocycles. The van der Waals surface area contributed by atoms with E-state index < -0.39 is 0 Å². The fourth-order valence-corrected chi connectivity index (χ4v) is 1.58. The number of carbonyl (C=O) groups excluding carboxylic acids is 1. The summed E-state index contributed by atoms with van der Waals surface area (Å²) in [4.78, 5) is 11.2. The lowest BCUT2D eigenvalue weighted by molar-refractivity contribution is -0.123. The Hall–Kier alpha value is -2.07. The maximum Gasteiger partial charge on any atom is 0.271 e. The van der Waals surface area contributed by atoms with Gasteiger partial charge >= 0.3 is 0 Å². The Kier molecular flexibility index (Phi) is 3.57. The van der Waals surface area contributed by atoms with Gasteiger partial charge in [0.15, 0.2) is 6.61 Å². The Morgan fingerprint density at radius 3 is 2.71 bits per heavy atom. The van der Waals surface area contributed by atoms with Crippen molar-refractivity contribution >= 4 is 16.7 Å². The first-order valence-electron chi connectivity index (χ1n) is 5.37. The molecule has 2 N–H and O–H groups in total. The van der Waals surface area contributed by atoms with Crippen molar-refractivity contribution in [2.75, 3.05) is 13.7 Å². The van der Waals surface area contributed by atoms with Crippen molar-refractivity contribution in [2.45, 2.75) is 0 Å². The molecular weight excluding hydrogens is 216 g/mol. The Labute approximate surface area is 99.6 Å². The molecule has 0 fully saturated rings. The average molecular weight is 230 g/mol. The van der Waals surface area contributed by atoms with Crippen molar-refractivity contribution in [3.05, 3.63) is 42.5 Å². The molecule has 88 valence electrons. The molecule has 0 saturated carbocycles. The second-order valence-corrected chi connectivity index (χ2v) is 3.60. The minimum absolute atomic E-state index is 0.000813. The van der Waals surface area contributed by atoms with Gasteiger partial charge < -0.3 is 4.74 Å². The third kappa shape index (κ3) is 2.95. The quantitative estimate of drug-likeness (QED) is 0.782. The molecule has 0 radical (unpaired) electrons. The highest BCUT2D eigenvalue weighted by Crippen LogP contribution is 2.20. The second kappa shape index (κ2) is 5.32. The summed E-state index contributed by atoms with van der Waals surface area (Å²) in [6.07, 6.45) is 0. The van der Waals surface area contributed by atoms with Gasteiger partial charge in [0.2, 0.25) is 0 Å². The van der Waals surface area contributed by atoms with Crippen LogP contribution in [0.2, 0.25) is 0 Å². The smallest absolute Gasteiger partial charge is 0.271 e. The van der Waals surface area contributed by atoms with Crippen molar-refractivity contribution in [3.8, 4) is 5.75 Å². The zero-order valence-corrected chi connectivity index (χ0v) is 9.57. The molecule has 0 heterocycles. The van der Waals surface area contributed by atoms with E-state index in [0.29, 0.717) is 5.75 Å². The molecule has 1 amide bonds. The molecule has 0 atom stereocenters. The van der Waals surface area contributed by atoms with Gasteiger partial charge in [-0.1, -0.05) is 30.3 Å². The number of hydrazine groups is 1. The van der Waals surface area contributed by atoms with E-state index in [2.05, 4.69) is 10.9 Å². The molecule has 0 saturated heterocycles. The Morgan fingerprint density at radius 1 is 1.18 bits per heavy atom. The van der Waals surface area contributed by atoms with Crippen molar-refractivity contribution in [3.63, 3.8) is 0 Å². The van der Waals surface area contributed by atoms with Crippen LogP contribution in [0, 0.1) is 0 Å². The van der Waals surface area contributed by atoms with E-state index in [4.69, 9.17) is 4.74 Å². The minimum atomic E-state index is -0.208. The van der Waals surface area contributed by atoms with Crippen molar-refractivity contribution in [1.29, 1.82) is 0 Å². The predicted octanol–water partition coefficient (Wildman–Crippen LogP) is 1.47. The number of hydrogen-bond acceptors (Lipinski definition) is 3. The molecule has 0 aromatic heterocycles. The van der Waals surface area contributed by atoms with Gasteiger partial charge in [-0.15, -0.1) is 0 Å². The standard InChI is InChI=1S/C13H14N2O2/c1-14-15-13(16)9-17-12-7-6-10-4-2-3-5-11(10)8-12/h2-8,14H,9H2,1H3,(H,15,16). The molecule has 4 heteroatoms. The number of hydrogen-bond donors (Lipinski definition) is 2. The maximum absolute atomic E-state index is 11.2. The van der Waals surface area contributed by atoms with Gasteiger partial charge in [-0.2, -0.15) is 0 Å². The van der Waals surface area contributed by atoms with E-state index in [1.807, 2.05) is 42.5 Å². The molecule has 0 unspecified atom stereocenters. The zero-order valence-electron chi connectivity index (χ0n) is 9.57. The van der Waals surface area contributed by atoms with E-state index in [9.17, 15) is 4.79 Å². The molecule has 4 nitrogen and oxygen atoms in total. The molecule has 17 heavy (non-hydrogen) atoms. The first-order valence-corrected chi connectivity index (χ1v) is 5.37. The van der Waals surface area contributed by atoms with Crippen LogP contribution < -0.4 is 15.6 Å². The van der Waals surface area contributed by atoms with E-state index in [-0.39, 0.29) is 12.5 Å². The number of benzene rings is 2. The lowest BCUT2D eigenvalue weighted by Gasteiger charge is -2.07.